The van der Waals surface area contributed by atoms with Gasteiger partial charge in [0, 0.05) is 32.0 Å². The third-order valence-corrected chi connectivity index (χ3v) is 4.73. The van der Waals surface area contributed by atoms with Gasteiger partial charge in [-0.1, -0.05) is 0 Å². The molecule has 1 atom stereocenters. The van der Waals surface area contributed by atoms with Gasteiger partial charge in [0.25, 0.3) is 5.91 Å². The molecule has 3 heterocycles. The molecule has 1 fully saturated rings. The third-order valence-electron chi connectivity index (χ3n) is 4.73. The van der Waals surface area contributed by atoms with E-state index >= 15 is 0 Å². The van der Waals surface area contributed by atoms with Gasteiger partial charge < -0.3 is 4.90 Å². The van der Waals surface area contributed by atoms with Gasteiger partial charge in [-0.25, -0.2) is 14.7 Å². The number of piperidine rings is 1. The highest BCUT2D eigenvalue weighted by Crippen LogP contribution is 2.23. The molecule has 0 spiro atoms. The van der Waals surface area contributed by atoms with Crippen LogP contribution in [0.1, 0.15) is 57.2 Å². The molecule has 1 aromatic heterocycles. The van der Waals surface area contributed by atoms with Crippen molar-refractivity contribution in [3.05, 3.63) is 11.6 Å². The SMILES string of the molecule is Cc1nc(C)n([C@H]2CCCN(C(=O)C3=NN(C(C)C)C(=O)CC3)C2)n1. The summed E-state index contributed by atoms with van der Waals surface area (Å²) in [6.07, 6.45) is 2.68. The number of amides is 2. The van der Waals surface area contributed by atoms with Crippen molar-refractivity contribution >= 4 is 17.5 Å². The Morgan fingerprint density at radius 2 is 2.00 bits per heavy atom. The molecule has 1 saturated heterocycles. The second-order valence-corrected chi connectivity index (χ2v) is 7.08. The molecular formula is C17H26N6O2. The van der Waals surface area contributed by atoms with Crippen molar-refractivity contribution in [2.75, 3.05) is 13.1 Å². The summed E-state index contributed by atoms with van der Waals surface area (Å²) in [6.45, 7) is 8.96. The van der Waals surface area contributed by atoms with Gasteiger partial charge in [0.2, 0.25) is 5.91 Å². The summed E-state index contributed by atoms with van der Waals surface area (Å²) in [5, 5.41) is 10.2. The van der Waals surface area contributed by atoms with Crippen LogP contribution < -0.4 is 0 Å². The van der Waals surface area contributed by atoms with Crippen molar-refractivity contribution in [2.24, 2.45) is 5.10 Å². The highest BCUT2D eigenvalue weighted by Gasteiger charge is 2.32. The molecule has 0 aliphatic carbocycles. The minimum Gasteiger partial charge on any atom is -0.335 e. The van der Waals surface area contributed by atoms with Gasteiger partial charge in [-0.15, -0.1) is 0 Å². The maximum Gasteiger partial charge on any atom is 0.270 e. The second-order valence-electron chi connectivity index (χ2n) is 7.08. The minimum absolute atomic E-state index is 0.0169. The van der Waals surface area contributed by atoms with Gasteiger partial charge in [-0.05, 0) is 40.5 Å². The molecular weight excluding hydrogens is 320 g/mol. The van der Waals surface area contributed by atoms with Crippen LogP contribution in [0.2, 0.25) is 0 Å². The number of aryl methyl sites for hydroxylation is 2. The summed E-state index contributed by atoms with van der Waals surface area (Å²) < 4.78 is 1.93. The van der Waals surface area contributed by atoms with Gasteiger partial charge >= 0.3 is 0 Å². The topological polar surface area (TPSA) is 83.7 Å². The summed E-state index contributed by atoms with van der Waals surface area (Å²) in [7, 11) is 0. The fourth-order valence-corrected chi connectivity index (χ4v) is 3.53. The van der Waals surface area contributed by atoms with E-state index in [0.717, 1.165) is 31.0 Å². The van der Waals surface area contributed by atoms with Crippen molar-refractivity contribution < 1.29 is 9.59 Å². The molecule has 136 valence electrons. The van der Waals surface area contributed by atoms with E-state index in [1.807, 2.05) is 37.3 Å². The first-order chi connectivity index (χ1) is 11.9. The minimum atomic E-state index is -0.0580. The molecule has 1 aromatic rings. The summed E-state index contributed by atoms with van der Waals surface area (Å²) in [5.41, 5.74) is 0.487. The van der Waals surface area contributed by atoms with E-state index < -0.39 is 0 Å². The number of aromatic nitrogens is 3. The largest absolute Gasteiger partial charge is 0.335 e. The lowest BCUT2D eigenvalue weighted by Gasteiger charge is -2.34. The molecule has 3 rings (SSSR count). The Morgan fingerprint density at radius 3 is 2.64 bits per heavy atom. The van der Waals surface area contributed by atoms with Gasteiger partial charge in [0.05, 0.1) is 6.04 Å². The van der Waals surface area contributed by atoms with Gasteiger partial charge in [0.1, 0.15) is 17.4 Å². The predicted molar refractivity (Wildman–Crippen MR) is 93.0 cm³/mol. The maximum absolute atomic E-state index is 12.9. The molecule has 8 heteroatoms. The zero-order valence-electron chi connectivity index (χ0n) is 15.4. The number of hydrogen-bond acceptors (Lipinski definition) is 5. The van der Waals surface area contributed by atoms with E-state index in [9.17, 15) is 9.59 Å². The first kappa shape index (κ1) is 17.6. The lowest BCUT2D eigenvalue weighted by molar-refractivity contribution is -0.133. The van der Waals surface area contributed by atoms with Crippen LogP contribution in [-0.2, 0) is 9.59 Å². The predicted octanol–water partition coefficient (Wildman–Crippen LogP) is 1.45. The quantitative estimate of drug-likeness (QED) is 0.829. The van der Waals surface area contributed by atoms with Crippen LogP contribution >= 0.6 is 0 Å². The zero-order chi connectivity index (χ0) is 18.1. The molecule has 2 amide bonds. The van der Waals surface area contributed by atoms with Crippen molar-refractivity contribution in [1.29, 1.82) is 0 Å². The van der Waals surface area contributed by atoms with Crippen LogP contribution in [0.25, 0.3) is 0 Å². The summed E-state index contributed by atoms with van der Waals surface area (Å²) in [5.74, 6) is 1.56. The highest BCUT2D eigenvalue weighted by atomic mass is 16.2. The molecule has 0 N–H and O–H groups in total. The molecule has 2 aliphatic rings. The van der Waals surface area contributed by atoms with Crippen LogP contribution in [-0.4, -0.2) is 61.3 Å². The first-order valence-electron chi connectivity index (χ1n) is 8.95. The maximum atomic E-state index is 12.9. The first-order valence-corrected chi connectivity index (χ1v) is 8.95. The Labute approximate surface area is 147 Å². The number of hydrazone groups is 1. The summed E-state index contributed by atoms with van der Waals surface area (Å²) >= 11 is 0. The number of rotatable bonds is 3. The monoisotopic (exact) mass is 346 g/mol. The van der Waals surface area contributed by atoms with Gasteiger partial charge in [-0.3, -0.25) is 9.59 Å². The summed E-state index contributed by atoms with van der Waals surface area (Å²) in [4.78, 5) is 31.0. The second kappa shape index (κ2) is 6.93. The van der Waals surface area contributed by atoms with E-state index in [1.54, 1.807) is 0 Å². The Hall–Kier alpha value is -2.25. The highest BCUT2D eigenvalue weighted by molar-refractivity contribution is 6.39. The normalized spacial score (nSPS) is 21.7. The Balaban J connectivity index is 1.75. The van der Waals surface area contributed by atoms with Crippen molar-refractivity contribution in [3.8, 4) is 0 Å². The van der Waals surface area contributed by atoms with E-state index in [1.165, 1.54) is 5.01 Å². The molecule has 2 aliphatic heterocycles. The molecule has 0 bridgehead atoms. The molecule has 0 radical (unpaired) electrons. The molecule has 0 saturated carbocycles. The standard InChI is InChI=1S/C17H26N6O2/c1-11(2)22-16(24)8-7-15(20-22)17(25)21-9-5-6-14(10-21)23-13(4)18-12(3)19-23/h11,14H,5-10H2,1-4H3/t14-/m0/s1. The molecule has 0 unspecified atom stereocenters. The van der Waals surface area contributed by atoms with Crippen LogP contribution in [0.4, 0.5) is 0 Å². The average Bonchev–Trinajstić information content (AvgIpc) is 2.93. The Morgan fingerprint density at radius 1 is 1.24 bits per heavy atom. The van der Waals surface area contributed by atoms with Crippen molar-refractivity contribution in [3.63, 3.8) is 0 Å². The fourth-order valence-electron chi connectivity index (χ4n) is 3.53. The summed E-state index contributed by atoms with van der Waals surface area (Å²) in [6, 6.07) is 0.108. The molecule has 0 aromatic carbocycles. The Kier molecular flexibility index (Phi) is 4.87. The van der Waals surface area contributed by atoms with Gasteiger partial charge in [0.15, 0.2) is 0 Å². The number of likely N-dealkylation sites (tertiary alicyclic amines) is 1. The van der Waals surface area contributed by atoms with E-state index in [0.29, 0.717) is 25.1 Å². The van der Waals surface area contributed by atoms with Crippen LogP contribution in [0, 0.1) is 13.8 Å². The van der Waals surface area contributed by atoms with E-state index in [2.05, 4.69) is 15.2 Å². The van der Waals surface area contributed by atoms with Gasteiger partial charge in [-0.2, -0.15) is 10.2 Å². The number of carbonyl (C=O) groups excluding carboxylic acids is 2. The lowest BCUT2D eigenvalue weighted by atomic mass is 10.0. The van der Waals surface area contributed by atoms with E-state index in [-0.39, 0.29) is 23.9 Å². The molecule has 25 heavy (non-hydrogen) atoms. The average molecular weight is 346 g/mol. The molecule has 8 nitrogen and oxygen atoms in total. The van der Waals surface area contributed by atoms with Crippen LogP contribution in [0.5, 0.6) is 0 Å². The van der Waals surface area contributed by atoms with Crippen molar-refractivity contribution in [1.82, 2.24) is 24.7 Å². The van der Waals surface area contributed by atoms with Crippen LogP contribution in [0.3, 0.4) is 0 Å². The lowest BCUT2D eigenvalue weighted by Crippen LogP contribution is -2.47. The number of hydrogen-bond donors (Lipinski definition) is 0. The Bertz CT molecular complexity index is 708. The third kappa shape index (κ3) is 3.57. The number of nitrogens with zero attached hydrogens (tertiary/aromatic N) is 6. The zero-order valence-corrected chi connectivity index (χ0v) is 15.4. The number of carbonyl (C=O) groups is 2. The van der Waals surface area contributed by atoms with Crippen molar-refractivity contribution in [2.45, 2.75) is 65.5 Å². The van der Waals surface area contributed by atoms with E-state index in [4.69, 9.17) is 0 Å². The smallest absolute Gasteiger partial charge is 0.270 e. The fraction of sp³-hybridized carbons (Fsp3) is 0.706. The van der Waals surface area contributed by atoms with Crippen LogP contribution in [0.15, 0.2) is 5.10 Å².